The molecule has 1 saturated carbocycles. The molecular weight excluding hydrogens is 225 g/mol. The van der Waals surface area contributed by atoms with E-state index in [1.54, 1.807) is 6.92 Å². The minimum absolute atomic E-state index is 0.0149. The standard InChI is InChI=1S/C11H14FN3O2/c1-2-7-8(12)9(14-6-13-7)15-11(10(16)17)4-3-5-11/h6H,2-5H2,1H3,(H,16,17)(H,13,14,15). The molecule has 0 bridgehead atoms. The van der Waals surface area contributed by atoms with Gasteiger partial charge in [0.25, 0.3) is 0 Å². The fraction of sp³-hybridized carbons (Fsp3) is 0.545. The van der Waals surface area contributed by atoms with Gasteiger partial charge in [0, 0.05) is 0 Å². The summed E-state index contributed by atoms with van der Waals surface area (Å²) in [6.07, 6.45) is 3.51. The molecule has 1 aromatic rings. The van der Waals surface area contributed by atoms with Crippen LogP contribution in [-0.4, -0.2) is 26.6 Å². The predicted octanol–water partition coefficient (Wildman–Crippen LogP) is 1.60. The lowest BCUT2D eigenvalue weighted by molar-refractivity contribution is -0.145. The molecule has 1 aliphatic carbocycles. The summed E-state index contributed by atoms with van der Waals surface area (Å²) in [5, 5.41) is 11.8. The number of nitrogens with zero attached hydrogens (tertiary/aromatic N) is 2. The number of carboxylic acids is 1. The SMILES string of the molecule is CCc1ncnc(NC2(C(=O)O)CCC2)c1F. The Morgan fingerprint density at radius 1 is 1.59 bits per heavy atom. The highest BCUT2D eigenvalue weighted by molar-refractivity contribution is 5.83. The Kier molecular flexibility index (Phi) is 2.95. The lowest BCUT2D eigenvalue weighted by Crippen LogP contribution is -2.52. The third-order valence-electron chi connectivity index (χ3n) is 3.17. The Labute approximate surface area is 98.1 Å². The summed E-state index contributed by atoms with van der Waals surface area (Å²) < 4.78 is 13.8. The molecule has 1 fully saturated rings. The number of nitrogens with one attached hydrogen (secondary N) is 1. The smallest absolute Gasteiger partial charge is 0.329 e. The van der Waals surface area contributed by atoms with Gasteiger partial charge < -0.3 is 10.4 Å². The van der Waals surface area contributed by atoms with E-state index in [9.17, 15) is 9.18 Å². The van der Waals surface area contributed by atoms with E-state index in [1.807, 2.05) is 0 Å². The van der Waals surface area contributed by atoms with Crippen LogP contribution >= 0.6 is 0 Å². The summed E-state index contributed by atoms with van der Waals surface area (Å²) in [4.78, 5) is 18.7. The molecule has 2 rings (SSSR count). The highest BCUT2D eigenvalue weighted by atomic mass is 19.1. The van der Waals surface area contributed by atoms with E-state index in [4.69, 9.17) is 5.11 Å². The van der Waals surface area contributed by atoms with Crippen molar-refractivity contribution >= 4 is 11.8 Å². The zero-order chi connectivity index (χ0) is 12.5. The molecule has 0 aromatic carbocycles. The number of anilines is 1. The van der Waals surface area contributed by atoms with E-state index < -0.39 is 17.3 Å². The van der Waals surface area contributed by atoms with Crippen LogP contribution < -0.4 is 5.32 Å². The van der Waals surface area contributed by atoms with E-state index in [-0.39, 0.29) is 5.82 Å². The Morgan fingerprint density at radius 2 is 2.29 bits per heavy atom. The molecule has 17 heavy (non-hydrogen) atoms. The molecule has 5 nitrogen and oxygen atoms in total. The summed E-state index contributed by atoms with van der Waals surface area (Å²) in [5.74, 6) is -1.53. The number of rotatable bonds is 4. The highest BCUT2D eigenvalue weighted by Crippen LogP contribution is 2.35. The number of carboxylic acid groups (broad SMARTS) is 1. The molecule has 0 spiro atoms. The normalized spacial score (nSPS) is 17.3. The van der Waals surface area contributed by atoms with Crippen LogP contribution in [0.1, 0.15) is 31.9 Å². The van der Waals surface area contributed by atoms with Crippen LogP contribution in [0.4, 0.5) is 10.2 Å². The number of aryl methyl sites for hydroxylation is 1. The van der Waals surface area contributed by atoms with Crippen molar-refractivity contribution in [1.82, 2.24) is 9.97 Å². The Morgan fingerprint density at radius 3 is 2.76 bits per heavy atom. The van der Waals surface area contributed by atoms with Crippen molar-refractivity contribution < 1.29 is 14.3 Å². The van der Waals surface area contributed by atoms with E-state index in [2.05, 4.69) is 15.3 Å². The topological polar surface area (TPSA) is 75.1 Å². The zero-order valence-corrected chi connectivity index (χ0v) is 9.53. The van der Waals surface area contributed by atoms with Crippen molar-refractivity contribution in [3.8, 4) is 0 Å². The Balaban J connectivity index is 2.27. The van der Waals surface area contributed by atoms with Crippen LogP contribution in [0.2, 0.25) is 0 Å². The first-order valence-electron chi connectivity index (χ1n) is 5.60. The Bertz CT molecular complexity index is 446. The molecule has 0 unspecified atom stereocenters. The van der Waals surface area contributed by atoms with E-state index >= 15 is 0 Å². The molecule has 92 valence electrons. The maximum Gasteiger partial charge on any atom is 0.329 e. The van der Waals surface area contributed by atoms with Crippen molar-refractivity contribution in [2.75, 3.05) is 5.32 Å². The van der Waals surface area contributed by atoms with E-state index in [1.165, 1.54) is 6.33 Å². The van der Waals surface area contributed by atoms with Gasteiger partial charge in [-0.25, -0.2) is 19.2 Å². The molecule has 0 atom stereocenters. The molecule has 1 heterocycles. The van der Waals surface area contributed by atoms with Crippen LogP contribution in [-0.2, 0) is 11.2 Å². The number of hydrogen-bond acceptors (Lipinski definition) is 4. The summed E-state index contributed by atoms with van der Waals surface area (Å²) in [7, 11) is 0. The fourth-order valence-corrected chi connectivity index (χ4v) is 1.89. The third-order valence-corrected chi connectivity index (χ3v) is 3.17. The number of halogens is 1. The molecule has 0 amide bonds. The maximum atomic E-state index is 13.8. The molecule has 6 heteroatoms. The molecule has 0 radical (unpaired) electrons. The second-order valence-corrected chi connectivity index (χ2v) is 4.20. The van der Waals surface area contributed by atoms with Gasteiger partial charge >= 0.3 is 5.97 Å². The van der Waals surface area contributed by atoms with Crippen molar-refractivity contribution in [3.63, 3.8) is 0 Å². The second-order valence-electron chi connectivity index (χ2n) is 4.20. The summed E-state index contributed by atoms with van der Waals surface area (Å²) in [5.41, 5.74) is -0.761. The van der Waals surface area contributed by atoms with Gasteiger partial charge in [-0.15, -0.1) is 0 Å². The second kappa shape index (κ2) is 4.27. The van der Waals surface area contributed by atoms with E-state index in [0.717, 1.165) is 6.42 Å². The van der Waals surface area contributed by atoms with Gasteiger partial charge in [0.1, 0.15) is 11.9 Å². The van der Waals surface area contributed by atoms with Crippen molar-refractivity contribution in [1.29, 1.82) is 0 Å². The largest absolute Gasteiger partial charge is 0.480 e. The van der Waals surface area contributed by atoms with E-state index in [0.29, 0.717) is 25.0 Å². The monoisotopic (exact) mass is 239 g/mol. The third kappa shape index (κ3) is 1.94. The summed E-state index contributed by atoms with van der Waals surface area (Å²) in [6.45, 7) is 1.78. The van der Waals surface area contributed by atoms with Crippen LogP contribution in [0.25, 0.3) is 0 Å². The van der Waals surface area contributed by atoms with Gasteiger partial charge in [0.05, 0.1) is 5.69 Å². The number of carbonyl (C=O) groups is 1. The minimum Gasteiger partial charge on any atom is -0.480 e. The minimum atomic E-state index is -1.06. The molecule has 2 N–H and O–H groups in total. The molecular formula is C11H14FN3O2. The van der Waals surface area contributed by atoms with Crippen molar-refractivity contribution in [2.24, 2.45) is 0 Å². The number of aromatic nitrogens is 2. The van der Waals surface area contributed by atoms with Gasteiger partial charge in [-0.05, 0) is 25.7 Å². The highest BCUT2D eigenvalue weighted by Gasteiger charge is 2.45. The van der Waals surface area contributed by atoms with Gasteiger partial charge in [-0.3, -0.25) is 0 Å². The Hall–Kier alpha value is -1.72. The first-order valence-corrected chi connectivity index (χ1v) is 5.60. The zero-order valence-electron chi connectivity index (χ0n) is 9.53. The van der Waals surface area contributed by atoms with Crippen molar-refractivity contribution in [3.05, 3.63) is 17.8 Å². The number of hydrogen-bond donors (Lipinski definition) is 2. The van der Waals surface area contributed by atoms with Crippen LogP contribution in [0.15, 0.2) is 6.33 Å². The fourth-order valence-electron chi connectivity index (χ4n) is 1.89. The van der Waals surface area contributed by atoms with Gasteiger partial charge in [0.2, 0.25) is 0 Å². The number of aliphatic carboxylic acids is 1. The van der Waals surface area contributed by atoms with Crippen LogP contribution in [0.5, 0.6) is 0 Å². The maximum absolute atomic E-state index is 13.8. The molecule has 1 aromatic heterocycles. The summed E-state index contributed by atoms with van der Waals surface area (Å²) >= 11 is 0. The predicted molar refractivity (Wildman–Crippen MR) is 59.2 cm³/mol. The first-order chi connectivity index (χ1) is 8.09. The molecule has 0 aliphatic heterocycles. The van der Waals surface area contributed by atoms with Gasteiger partial charge in [-0.2, -0.15) is 0 Å². The molecule has 1 aliphatic rings. The average molecular weight is 239 g/mol. The van der Waals surface area contributed by atoms with Crippen LogP contribution in [0.3, 0.4) is 0 Å². The lowest BCUT2D eigenvalue weighted by Gasteiger charge is -2.38. The van der Waals surface area contributed by atoms with Gasteiger partial charge in [-0.1, -0.05) is 6.92 Å². The van der Waals surface area contributed by atoms with Crippen LogP contribution in [0, 0.1) is 5.82 Å². The lowest BCUT2D eigenvalue weighted by atomic mass is 9.77. The summed E-state index contributed by atoms with van der Waals surface area (Å²) in [6, 6.07) is 0. The quantitative estimate of drug-likeness (QED) is 0.834. The average Bonchev–Trinajstić information content (AvgIpc) is 2.25. The van der Waals surface area contributed by atoms with Crippen molar-refractivity contribution in [2.45, 2.75) is 38.1 Å². The molecule has 0 saturated heterocycles. The van der Waals surface area contributed by atoms with Gasteiger partial charge in [0.15, 0.2) is 11.6 Å². The first kappa shape index (κ1) is 11.8.